The molecule has 0 aliphatic heterocycles. The van der Waals surface area contributed by atoms with E-state index in [9.17, 15) is 15.0 Å². The summed E-state index contributed by atoms with van der Waals surface area (Å²) in [6.45, 7) is 1.56. The highest BCUT2D eigenvalue weighted by Crippen LogP contribution is 2.29. The van der Waals surface area contributed by atoms with Gasteiger partial charge in [0.25, 0.3) is 0 Å². The Hall–Kier alpha value is -3.45. The third-order valence-electron chi connectivity index (χ3n) is 4.21. The molecule has 1 atom stereocenters. The highest BCUT2D eigenvalue weighted by Gasteiger charge is 2.14. The highest BCUT2D eigenvalue weighted by molar-refractivity contribution is 5.91. The largest absolute Gasteiger partial charge is 0.503 e. The molecule has 0 fully saturated rings. The molecule has 0 saturated carbocycles. The predicted octanol–water partition coefficient (Wildman–Crippen LogP) is 2.80. The number of aliphatic hydroxyl groups excluding tert-OH is 1. The second-order valence-electron chi connectivity index (χ2n) is 5.98. The van der Waals surface area contributed by atoms with Crippen LogP contribution in [0.25, 0.3) is 27.8 Å². The van der Waals surface area contributed by atoms with Crippen LogP contribution >= 0.6 is 0 Å². The molecule has 130 valence electrons. The van der Waals surface area contributed by atoms with E-state index in [1.807, 2.05) is 42.5 Å². The zero-order valence-electron chi connectivity index (χ0n) is 13.8. The minimum absolute atomic E-state index is 0.381. The molecular weight excluding hydrogens is 334 g/mol. The lowest BCUT2D eigenvalue weighted by Crippen LogP contribution is -2.13. The third kappa shape index (κ3) is 2.64. The first-order valence-corrected chi connectivity index (χ1v) is 8.00. The first kappa shape index (κ1) is 16.0. The summed E-state index contributed by atoms with van der Waals surface area (Å²) in [5, 5.41) is 27.6. The molecule has 2 aromatic heterocycles. The lowest BCUT2D eigenvalue weighted by molar-refractivity contribution is 0.191. The molecule has 7 heteroatoms. The topological polar surface area (TPSA) is 101 Å². The van der Waals surface area contributed by atoms with Crippen LogP contribution in [0.1, 0.15) is 18.7 Å². The molecule has 0 amide bonds. The van der Waals surface area contributed by atoms with Gasteiger partial charge in [0.2, 0.25) is 5.43 Å². The Bertz CT molecular complexity index is 1160. The molecule has 0 aliphatic carbocycles. The maximum atomic E-state index is 11.7. The average molecular weight is 349 g/mol. The molecule has 1 unspecified atom stereocenters. The lowest BCUT2D eigenvalue weighted by atomic mass is 10.0. The van der Waals surface area contributed by atoms with Gasteiger partial charge in [0.05, 0.1) is 18.0 Å². The second kappa shape index (κ2) is 6.12. The summed E-state index contributed by atoms with van der Waals surface area (Å²) in [5.41, 5.74) is 3.52. The SMILES string of the molecule is CC(O)c1cc(=O)c(O)cn1-c1cccc(-c2cccc3nonc23)c1. The molecule has 4 rings (SSSR count). The van der Waals surface area contributed by atoms with Gasteiger partial charge in [-0.3, -0.25) is 4.79 Å². The Kier molecular flexibility index (Phi) is 3.78. The van der Waals surface area contributed by atoms with E-state index in [1.165, 1.54) is 12.3 Å². The van der Waals surface area contributed by atoms with Gasteiger partial charge in [0.15, 0.2) is 5.75 Å². The Morgan fingerprint density at radius 1 is 1.12 bits per heavy atom. The van der Waals surface area contributed by atoms with Gasteiger partial charge in [-0.05, 0) is 41.0 Å². The van der Waals surface area contributed by atoms with Crippen molar-refractivity contribution in [3.8, 4) is 22.6 Å². The van der Waals surface area contributed by atoms with E-state index in [0.717, 1.165) is 11.1 Å². The summed E-state index contributed by atoms with van der Waals surface area (Å²) in [5.74, 6) is -0.386. The standard InChI is InChI=1S/C19H15N3O4/c1-11(23)16-9-17(24)18(25)10-22(16)13-5-2-4-12(8-13)14-6-3-7-15-19(14)21-26-20-15/h2-11,23,25H,1H3. The number of nitrogens with zero attached hydrogens (tertiary/aromatic N) is 3. The van der Waals surface area contributed by atoms with Crippen molar-refractivity contribution in [3.05, 3.63) is 70.6 Å². The number of aromatic nitrogens is 3. The van der Waals surface area contributed by atoms with Gasteiger partial charge in [0, 0.05) is 17.3 Å². The maximum absolute atomic E-state index is 11.7. The number of rotatable bonds is 3. The van der Waals surface area contributed by atoms with Crippen molar-refractivity contribution < 1.29 is 14.8 Å². The van der Waals surface area contributed by atoms with E-state index in [1.54, 1.807) is 11.5 Å². The predicted molar refractivity (Wildman–Crippen MR) is 95.1 cm³/mol. The summed E-state index contributed by atoms with van der Waals surface area (Å²) < 4.78 is 6.40. The van der Waals surface area contributed by atoms with E-state index >= 15 is 0 Å². The minimum atomic E-state index is -0.880. The number of hydrogen-bond acceptors (Lipinski definition) is 6. The molecule has 4 aromatic rings. The Morgan fingerprint density at radius 3 is 2.73 bits per heavy atom. The van der Waals surface area contributed by atoms with Crippen LogP contribution < -0.4 is 5.43 Å². The smallest absolute Gasteiger partial charge is 0.223 e. The van der Waals surface area contributed by atoms with Crippen LogP contribution in [0, 0.1) is 0 Å². The molecule has 0 bridgehead atoms. The summed E-state index contributed by atoms with van der Waals surface area (Å²) in [6.07, 6.45) is 0.428. The van der Waals surface area contributed by atoms with Crippen LogP contribution in [0.4, 0.5) is 0 Å². The molecule has 7 nitrogen and oxygen atoms in total. The Morgan fingerprint density at radius 2 is 1.92 bits per heavy atom. The molecule has 0 radical (unpaired) electrons. The van der Waals surface area contributed by atoms with Crippen LogP contribution in [0.5, 0.6) is 5.75 Å². The second-order valence-corrected chi connectivity index (χ2v) is 5.98. The number of hydrogen-bond donors (Lipinski definition) is 2. The fraction of sp³-hybridized carbons (Fsp3) is 0.105. The zero-order chi connectivity index (χ0) is 18.3. The number of aromatic hydroxyl groups is 1. The summed E-state index contributed by atoms with van der Waals surface area (Å²) in [4.78, 5) is 11.7. The summed E-state index contributed by atoms with van der Waals surface area (Å²) in [7, 11) is 0. The quantitative estimate of drug-likeness (QED) is 0.590. The molecule has 2 heterocycles. The van der Waals surface area contributed by atoms with E-state index in [-0.39, 0.29) is 5.75 Å². The number of aliphatic hydroxyl groups is 1. The summed E-state index contributed by atoms with van der Waals surface area (Å²) in [6, 6.07) is 14.3. The molecule has 0 saturated heterocycles. The van der Waals surface area contributed by atoms with Gasteiger partial charge >= 0.3 is 0 Å². The fourth-order valence-corrected chi connectivity index (χ4v) is 2.95. The molecule has 2 aromatic carbocycles. The number of benzene rings is 2. The highest BCUT2D eigenvalue weighted by atomic mass is 16.6. The first-order valence-electron chi connectivity index (χ1n) is 8.00. The normalized spacial score (nSPS) is 12.4. The number of pyridine rings is 1. The number of fused-ring (bicyclic) bond motifs is 1. The van der Waals surface area contributed by atoms with E-state index in [0.29, 0.717) is 22.4 Å². The van der Waals surface area contributed by atoms with Crippen LogP contribution in [0.2, 0.25) is 0 Å². The van der Waals surface area contributed by atoms with Crippen molar-refractivity contribution in [1.82, 2.24) is 14.9 Å². The van der Waals surface area contributed by atoms with Gasteiger partial charge in [-0.25, -0.2) is 4.63 Å². The van der Waals surface area contributed by atoms with Crippen molar-refractivity contribution in [3.63, 3.8) is 0 Å². The maximum Gasteiger partial charge on any atom is 0.223 e. The van der Waals surface area contributed by atoms with Crippen molar-refractivity contribution in [2.24, 2.45) is 0 Å². The van der Waals surface area contributed by atoms with Gasteiger partial charge < -0.3 is 14.8 Å². The van der Waals surface area contributed by atoms with Crippen LogP contribution in [0.3, 0.4) is 0 Å². The van der Waals surface area contributed by atoms with E-state index in [2.05, 4.69) is 10.3 Å². The fourth-order valence-electron chi connectivity index (χ4n) is 2.95. The monoisotopic (exact) mass is 349 g/mol. The Labute approximate surface area is 147 Å². The third-order valence-corrected chi connectivity index (χ3v) is 4.21. The van der Waals surface area contributed by atoms with Crippen LogP contribution in [-0.4, -0.2) is 25.1 Å². The van der Waals surface area contributed by atoms with Crippen LogP contribution in [0.15, 0.2) is 64.2 Å². The van der Waals surface area contributed by atoms with Gasteiger partial charge in [-0.2, -0.15) is 0 Å². The van der Waals surface area contributed by atoms with E-state index < -0.39 is 11.5 Å². The van der Waals surface area contributed by atoms with Crippen molar-refractivity contribution >= 4 is 11.0 Å². The first-order chi connectivity index (χ1) is 12.5. The van der Waals surface area contributed by atoms with Gasteiger partial charge in [-0.1, -0.05) is 24.3 Å². The molecular formula is C19H15N3O4. The Balaban J connectivity index is 1.91. The van der Waals surface area contributed by atoms with Crippen molar-refractivity contribution in [1.29, 1.82) is 0 Å². The van der Waals surface area contributed by atoms with Gasteiger partial charge in [0.1, 0.15) is 11.0 Å². The minimum Gasteiger partial charge on any atom is -0.503 e. The zero-order valence-corrected chi connectivity index (χ0v) is 13.8. The van der Waals surface area contributed by atoms with Crippen molar-refractivity contribution in [2.75, 3.05) is 0 Å². The lowest BCUT2D eigenvalue weighted by Gasteiger charge is -2.16. The molecule has 2 N–H and O–H groups in total. The van der Waals surface area contributed by atoms with Crippen molar-refractivity contribution in [2.45, 2.75) is 13.0 Å². The van der Waals surface area contributed by atoms with Gasteiger partial charge in [-0.15, -0.1) is 0 Å². The average Bonchev–Trinajstić information content (AvgIpc) is 3.12. The molecule has 26 heavy (non-hydrogen) atoms. The molecule has 0 aliphatic rings. The van der Waals surface area contributed by atoms with Crippen LogP contribution in [-0.2, 0) is 0 Å². The van der Waals surface area contributed by atoms with E-state index in [4.69, 9.17) is 4.63 Å². The molecule has 0 spiro atoms. The summed E-state index contributed by atoms with van der Waals surface area (Å²) >= 11 is 0.